The molecule has 6 heteroatoms. The van der Waals surface area contributed by atoms with Gasteiger partial charge in [0.15, 0.2) is 11.6 Å². The lowest BCUT2D eigenvalue weighted by Gasteiger charge is -2.33. The summed E-state index contributed by atoms with van der Waals surface area (Å²) in [5.74, 6) is -1.83. The third kappa shape index (κ3) is 4.14. The minimum Gasteiger partial charge on any atom is -0.349 e. The minimum absolute atomic E-state index is 0. The number of halogens is 3. The third-order valence-electron chi connectivity index (χ3n) is 3.94. The summed E-state index contributed by atoms with van der Waals surface area (Å²) >= 11 is 0. The van der Waals surface area contributed by atoms with Crippen LogP contribution in [-0.4, -0.2) is 19.0 Å². The SMILES string of the molecule is CC(NC(=O)C1(C)CCCNC1)c1ccc(F)c(F)c1.Cl. The number of piperidine rings is 1. The van der Waals surface area contributed by atoms with Crippen molar-refractivity contribution in [1.29, 1.82) is 0 Å². The summed E-state index contributed by atoms with van der Waals surface area (Å²) in [7, 11) is 0. The summed E-state index contributed by atoms with van der Waals surface area (Å²) in [4.78, 5) is 12.3. The molecule has 3 nitrogen and oxygen atoms in total. The number of amides is 1. The molecule has 2 atom stereocenters. The van der Waals surface area contributed by atoms with Crippen molar-refractivity contribution < 1.29 is 13.6 Å². The maximum Gasteiger partial charge on any atom is 0.227 e. The molecule has 1 aromatic rings. The molecule has 1 amide bonds. The highest BCUT2D eigenvalue weighted by Gasteiger charge is 2.35. The van der Waals surface area contributed by atoms with E-state index in [-0.39, 0.29) is 24.4 Å². The number of benzene rings is 1. The summed E-state index contributed by atoms with van der Waals surface area (Å²) < 4.78 is 26.1. The predicted octanol–water partition coefficient (Wildman–Crippen LogP) is 2.95. The lowest BCUT2D eigenvalue weighted by molar-refractivity contribution is -0.131. The van der Waals surface area contributed by atoms with Gasteiger partial charge in [0.05, 0.1) is 11.5 Å². The molecule has 1 saturated heterocycles. The number of rotatable bonds is 3. The first-order chi connectivity index (χ1) is 9.42. The van der Waals surface area contributed by atoms with Crippen LogP contribution in [0.4, 0.5) is 8.78 Å². The van der Waals surface area contributed by atoms with Crippen molar-refractivity contribution in [2.75, 3.05) is 13.1 Å². The molecule has 21 heavy (non-hydrogen) atoms. The van der Waals surface area contributed by atoms with E-state index in [0.29, 0.717) is 12.1 Å². The van der Waals surface area contributed by atoms with E-state index in [0.717, 1.165) is 31.5 Å². The van der Waals surface area contributed by atoms with Crippen LogP contribution in [-0.2, 0) is 4.79 Å². The van der Waals surface area contributed by atoms with Crippen LogP contribution < -0.4 is 10.6 Å². The topological polar surface area (TPSA) is 41.1 Å². The molecule has 1 aliphatic heterocycles. The number of carbonyl (C=O) groups is 1. The van der Waals surface area contributed by atoms with Crippen LogP contribution in [0.1, 0.15) is 38.3 Å². The van der Waals surface area contributed by atoms with Gasteiger partial charge in [0.1, 0.15) is 0 Å². The molecular weight excluding hydrogens is 298 g/mol. The molecule has 0 radical (unpaired) electrons. The zero-order chi connectivity index (χ0) is 14.8. The highest BCUT2D eigenvalue weighted by atomic mass is 35.5. The van der Waals surface area contributed by atoms with Gasteiger partial charge in [-0.3, -0.25) is 4.79 Å². The maximum absolute atomic E-state index is 13.2. The van der Waals surface area contributed by atoms with E-state index in [1.807, 2.05) is 6.92 Å². The van der Waals surface area contributed by atoms with Crippen molar-refractivity contribution >= 4 is 18.3 Å². The van der Waals surface area contributed by atoms with Crippen LogP contribution in [0.3, 0.4) is 0 Å². The second-order valence-corrected chi connectivity index (χ2v) is 5.71. The Morgan fingerprint density at radius 3 is 2.67 bits per heavy atom. The van der Waals surface area contributed by atoms with Crippen molar-refractivity contribution in [3.63, 3.8) is 0 Å². The Balaban J connectivity index is 0.00000220. The van der Waals surface area contributed by atoms with Gasteiger partial charge in [0.2, 0.25) is 5.91 Å². The first kappa shape index (κ1) is 17.9. The molecule has 0 saturated carbocycles. The minimum atomic E-state index is -0.894. The molecule has 118 valence electrons. The van der Waals surface area contributed by atoms with E-state index in [1.54, 1.807) is 6.92 Å². The lowest BCUT2D eigenvalue weighted by Crippen LogP contribution is -2.49. The van der Waals surface area contributed by atoms with Crippen LogP contribution in [0.15, 0.2) is 18.2 Å². The molecule has 0 aliphatic carbocycles. The fraction of sp³-hybridized carbons (Fsp3) is 0.533. The fourth-order valence-electron chi connectivity index (χ4n) is 2.49. The van der Waals surface area contributed by atoms with E-state index >= 15 is 0 Å². The zero-order valence-electron chi connectivity index (χ0n) is 12.2. The van der Waals surface area contributed by atoms with Crippen LogP contribution >= 0.6 is 12.4 Å². The molecule has 1 aliphatic rings. The first-order valence-electron chi connectivity index (χ1n) is 6.89. The van der Waals surface area contributed by atoms with E-state index in [1.165, 1.54) is 6.07 Å². The standard InChI is InChI=1S/C15H20F2N2O.ClH/c1-10(11-4-5-12(16)13(17)8-11)19-14(20)15(2)6-3-7-18-9-15;/h4-5,8,10,18H,3,6-7,9H2,1-2H3,(H,19,20);1H. The molecular formula is C15H21ClF2N2O. The lowest BCUT2D eigenvalue weighted by atomic mass is 9.81. The van der Waals surface area contributed by atoms with E-state index < -0.39 is 17.0 Å². The van der Waals surface area contributed by atoms with E-state index in [9.17, 15) is 13.6 Å². The number of carbonyl (C=O) groups excluding carboxylic acids is 1. The Hall–Kier alpha value is -1.20. The summed E-state index contributed by atoms with van der Waals surface area (Å²) in [6, 6.07) is 3.35. The largest absolute Gasteiger partial charge is 0.349 e. The molecule has 2 rings (SSSR count). The quantitative estimate of drug-likeness (QED) is 0.899. The van der Waals surface area contributed by atoms with Crippen molar-refractivity contribution in [2.45, 2.75) is 32.7 Å². The molecule has 0 spiro atoms. The highest BCUT2D eigenvalue weighted by molar-refractivity contribution is 5.85. The van der Waals surface area contributed by atoms with Crippen LogP contribution in [0.25, 0.3) is 0 Å². The van der Waals surface area contributed by atoms with Crippen LogP contribution in [0, 0.1) is 17.0 Å². The third-order valence-corrected chi connectivity index (χ3v) is 3.94. The van der Waals surface area contributed by atoms with Crippen LogP contribution in [0.5, 0.6) is 0 Å². The van der Waals surface area contributed by atoms with Gasteiger partial charge < -0.3 is 10.6 Å². The molecule has 2 unspecified atom stereocenters. The Labute approximate surface area is 129 Å². The molecule has 1 heterocycles. The average molecular weight is 319 g/mol. The Bertz CT molecular complexity index is 504. The van der Waals surface area contributed by atoms with Crippen molar-refractivity contribution in [3.05, 3.63) is 35.4 Å². The molecule has 1 fully saturated rings. The number of hydrogen-bond donors (Lipinski definition) is 2. The van der Waals surface area contributed by atoms with E-state index in [2.05, 4.69) is 10.6 Å². The van der Waals surface area contributed by atoms with Crippen molar-refractivity contribution in [2.24, 2.45) is 5.41 Å². The molecule has 0 aromatic heterocycles. The average Bonchev–Trinajstić information content (AvgIpc) is 2.42. The van der Waals surface area contributed by atoms with Gasteiger partial charge in [-0.15, -0.1) is 12.4 Å². The predicted molar refractivity (Wildman–Crippen MR) is 80.4 cm³/mol. The van der Waals surface area contributed by atoms with Gasteiger partial charge in [-0.2, -0.15) is 0 Å². The van der Waals surface area contributed by atoms with Gasteiger partial charge in [-0.25, -0.2) is 8.78 Å². The van der Waals surface area contributed by atoms with Gasteiger partial charge in [-0.05, 0) is 50.9 Å². The number of nitrogens with one attached hydrogen (secondary N) is 2. The summed E-state index contributed by atoms with van der Waals surface area (Å²) in [6.07, 6.45) is 1.79. The first-order valence-corrected chi connectivity index (χ1v) is 6.89. The van der Waals surface area contributed by atoms with Gasteiger partial charge >= 0.3 is 0 Å². The summed E-state index contributed by atoms with van der Waals surface area (Å²) in [6.45, 7) is 5.27. The Morgan fingerprint density at radius 2 is 2.10 bits per heavy atom. The normalized spacial score (nSPS) is 23.0. The zero-order valence-corrected chi connectivity index (χ0v) is 13.0. The number of hydrogen-bond acceptors (Lipinski definition) is 2. The van der Waals surface area contributed by atoms with Crippen molar-refractivity contribution in [3.8, 4) is 0 Å². The van der Waals surface area contributed by atoms with Gasteiger partial charge in [0, 0.05) is 6.54 Å². The van der Waals surface area contributed by atoms with Gasteiger partial charge in [0.25, 0.3) is 0 Å². The van der Waals surface area contributed by atoms with E-state index in [4.69, 9.17) is 0 Å². The Kier molecular flexibility index (Phi) is 6.10. The Morgan fingerprint density at radius 1 is 1.38 bits per heavy atom. The highest BCUT2D eigenvalue weighted by Crippen LogP contribution is 2.27. The molecule has 1 aromatic carbocycles. The monoisotopic (exact) mass is 318 g/mol. The second kappa shape index (κ2) is 7.18. The molecule has 0 bridgehead atoms. The van der Waals surface area contributed by atoms with Gasteiger partial charge in [-0.1, -0.05) is 6.07 Å². The smallest absolute Gasteiger partial charge is 0.227 e. The summed E-state index contributed by atoms with van der Waals surface area (Å²) in [5.41, 5.74) is 0.120. The van der Waals surface area contributed by atoms with Crippen molar-refractivity contribution in [1.82, 2.24) is 10.6 Å². The second-order valence-electron chi connectivity index (χ2n) is 5.71. The summed E-state index contributed by atoms with van der Waals surface area (Å²) in [5, 5.41) is 6.10. The fourth-order valence-corrected chi connectivity index (χ4v) is 2.49. The van der Waals surface area contributed by atoms with Crippen LogP contribution in [0.2, 0.25) is 0 Å². The maximum atomic E-state index is 13.2. The molecule has 2 N–H and O–H groups in total.